The summed E-state index contributed by atoms with van der Waals surface area (Å²) in [6.45, 7) is 9.75. The first-order chi connectivity index (χ1) is 6.89. The van der Waals surface area contributed by atoms with Crippen LogP contribution in [0.5, 0.6) is 0 Å². The third kappa shape index (κ3) is 3.17. The number of alkyl halides is 1. The van der Waals surface area contributed by atoms with E-state index in [0.29, 0.717) is 17.4 Å². The van der Waals surface area contributed by atoms with Crippen LogP contribution in [0.3, 0.4) is 0 Å². The largest absolute Gasteiger partial charge is 0.300 e. The first kappa shape index (κ1) is 11.4. The van der Waals surface area contributed by atoms with E-state index in [4.69, 9.17) is 0 Å². The molecule has 88 valence electrons. The van der Waals surface area contributed by atoms with Crippen LogP contribution in [0.2, 0.25) is 0 Å². The lowest BCUT2D eigenvalue weighted by atomic mass is 9.82. The van der Waals surface area contributed by atoms with Gasteiger partial charge in [-0.25, -0.2) is 4.39 Å². The minimum absolute atomic E-state index is 0.422. The molecule has 0 bridgehead atoms. The number of nitrogens with zero attached hydrogens (tertiary/aromatic N) is 1. The van der Waals surface area contributed by atoms with E-state index < -0.39 is 6.17 Å². The van der Waals surface area contributed by atoms with Gasteiger partial charge in [0.25, 0.3) is 0 Å². The summed E-state index contributed by atoms with van der Waals surface area (Å²) < 4.78 is 13.1. The fraction of sp³-hybridized carbons (Fsp3) is 1.00. The molecule has 15 heavy (non-hydrogen) atoms. The van der Waals surface area contributed by atoms with Gasteiger partial charge >= 0.3 is 0 Å². The Hall–Kier alpha value is -0.110. The van der Waals surface area contributed by atoms with Crippen LogP contribution in [0.15, 0.2) is 0 Å². The molecular formula is C13H24FN. The molecule has 0 amide bonds. The first-order valence-corrected chi connectivity index (χ1v) is 6.25. The number of hydrogen-bond donors (Lipinski definition) is 0. The van der Waals surface area contributed by atoms with Crippen molar-refractivity contribution in [3.63, 3.8) is 0 Å². The molecule has 2 aliphatic rings. The lowest BCUT2D eigenvalue weighted by Gasteiger charge is -2.29. The van der Waals surface area contributed by atoms with Crippen LogP contribution < -0.4 is 0 Å². The van der Waals surface area contributed by atoms with Gasteiger partial charge in [0.15, 0.2) is 0 Å². The van der Waals surface area contributed by atoms with E-state index in [2.05, 4.69) is 25.7 Å². The van der Waals surface area contributed by atoms with E-state index in [1.54, 1.807) is 0 Å². The normalized spacial score (nSPS) is 30.8. The van der Waals surface area contributed by atoms with Gasteiger partial charge in [-0.2, -0.15) is 0 Å². The van der Waals surface area contributed by atoms with E-state index in [9.17, 15) is 4.39 Å². The molecule has 2 fully saturated rings. The highest BCUT2D eigenvalue weighted by atomic mass is 19.1. The molecule has 0 unspecified atom stereocenters. The predicted molar refractivity (Wildman–Crippen MR) is 61.7 cm³/mol. The van der Waals surface area contributed by atoms with Gasteiger partial charge < -0.3 is 0 Å². The van der Waals surface area contributed by atoms with Crippen molar-refractivity contribution >= 4 is 0 Å². The van der Waals surface area contributed by atoms with Crippen LogP contribution in [0.25, 0.3) is 0 Å². The Bertz CT molecular complexity index is 227. The molecule has 1 aliphatic heterocycles. The highest BCUT2D eigenvalue weighted by Gasteiger charge is 2.46. The van der Waals surface area contributed by atoms with Crippen molar-refractivity contribution in [2.75, 3.05) is 19.6 Å². The van der Waals surface area contributed by atoms with Gasteiger partial charge in [-0.15, -0.1) is 0 Å². The maximum absolute atomic E-state index is 13.1. The molecule has 2 rings (SSSR count). The van der Waals surface area contributed by atoms with Gasteiger partial charge in [-0.3, -0.25) is 4.90 Å². The molecule has 0 N–H and O–H groups in total. The summed E-state index contributed by atoms with van der Waals surface area (Å²) >= 11 is 0. The average molecular weight is 213 g/mol. The smallest absolute Gasteiger partial charge is 0.114 e. The molecule has 1 aliphatic carbocycles. The Morgan fingerprint density at radius 2 is 2.00 bits per heavy atom. The Morgan fingerprint density at radius 3 is 2.40 bits per heavy atom. The average Bonchev–Trinajstić information content (AvgIpc) is 2.64. The van der Waals surface area contributed by atoms with Crippen molar-refractivity contribution in [2.45, 2.75) is 52.6 Å². The lowest BCUT2D eigenvalue weighted by molar-refractivity contribution is 0.191. The number of rotatable bonds is 3. The third-order valence-electron chi connectivity index (χ3n) is 3.64. The molecule has 1 saturated carbocycles. The quantitative estimate of drug-likeness (QED) is 0.695. The molecule has 1 saturated heterocycles. The van der Waals surface area contributed by atoms with Crippen LogP contribution in [-0.4, -0.2) is 30.7 Å². The van der Waals surface area contributed by atoms with Crippen molar-refractivity contribution < 1.29 is 4.39 Å². The van der Waals surface area contributed by atoms with Crippen LogP contribution in [0.4, 0.5) is 4.39 Å². The molecule has 0 radical (unpaired) electrons. The van der Waals surface area contributed by atoms with Crippen molar-refractivity contribution in [1.29, 1.82) is 0 Å². The van der Waals surface area contributed by atoms with Gasteiger partial charge in [0, 0.05) is 19.6 Å². The van der Waals surface area contributed by atoms with Crippen molar-refractivity contribution in [1.82, 2.24) is 4.90 Å². The van der Waals surface area contributed by atoms with Gasteiger partial charge in [-0.1, -0.05) is 20.8 Å². The maximum atomic E-state index is 13.1. The lowest BCUT2D eigenvalue weighted by Crippen LogP contribution is -2.31. The predicted octanol–water partition coefficient (Wildman–Crippen LogP) is 3.25. The molecule has 0 aromatic rings. The van der Waals surface area contributed by atoms with E-state index in [1.807, 2.05) is 0 Å². The molecule has 1 atom stereocenters. The van der Waals surface area contributed by atoms with Crippen molar-refractivity contribution in [3.05, 3.63) is 0 Å². The Labute approximate surface area is 93.0 Å². The zero-order valence-corrected chi connectivity index (χ0v) is 10.4. The molecule has 0 aromatic heterocycles. The van der Waals surface area contributed by atoms with Gasteiger partial charge in [0.2, 0.25) is 0 Å². The summed E-state index contributed by atoms with van der Waals surface area (Å²) in [4.78, 5) is 2.34. The fourth-order valence-electron chi connectivity index (χ4n) is 3.10. The summed E-state index contributed by atoms with van der Waals surface area (Å²) in [5.41, 5.74) is 0.966. The highest BCUT2D eigenvalue weighted by molar-refractivity contribution is 4.99. The molecule has 1 nitrogen and oxygen atoms in total. The zero-order chi connectivity index (χ0) is 11.1. The molecule has 1 heterocycles. The molecule has 0 spiro atoms. The number of likely N-dealkylation sites (tertiary alicyclic amines) is 1. The topological polar surface area (TPSA) is 3.24 Å². The SMILES string of the molecule is CC(C)(C)CC1(CN2CC[C@H](F)C2)CC1. The highest BCUT2D eigenvalue weighted by Crippen LogP contribution is 2.53. The second-order valence-electron chi connectivity index (χ2n) is 6.86. The van der Waals surface area contributed by atoms with Gasteiger partial charge in [0.05, 0.1) is 0 Å². The molecule has 2 heteroatoms. The number of hydrogen-bond acceptors (Lipinski definition) is 1. The van der Waals surface area contributed by atoms with Crippen LogP contribution >= 0.6 is 0 Å². The number of halogens is 1. The minimum Gasteiger partial charge on any atom is -0.300 e. The van der Waals surface area contributed by atoms with Gasteiger partial charge in [0.1, 0.15) is 6.17 Å². The molecule has 0 aromatic carbocycles. The van der Waals surface area contributed by atoms with E-state index in [0.717, 1.165) is 19.5 Å². The first-order valence-electron chi connectivity index (χ1n) is 6.25. The summed E-state index contributed by atoms with van der Waals surface area (Å²) in [6, 6.07) is 0. The second kappa shape index (κ2) is 3.73. The Kier molecular flexibility index (Phi) is 2.83. The molecular weight excluding hydrogens is 189 g/mol. The van der Waals surface area contributed by atoms with E-state index >= 15 is 0 Å². The summed E-state index contributed by atoms with van der Waals surface area (Å²) in [7, 11) is 0. The maximum Gasteiger partial charge on any atom is 0.114 e. The summed E-state index contributed by atoms with van der Waals surface area (Å²) in [5.74, 6) is 0. The standard InChI is InChI=1S/C13H24FN/c1-12(2,3)9-13(5-6-13)10-15-7-4-11(14)8-15/h11H,4-10H2,1-3H3/t11-/m0/s1. The van der Waals surface area contributed by atoms with Crippen molar-refractivity contribution in [2.24, 2.45) is 10.8 Å². The van der Waals surface area contributed by atoms with Crippen LogP contribution in [0, 0.1) is 10.8 Å². The summed E-state index contributed by atoms with van der Waals surface area (Å²) in [6.07, 6.45) is 4.21. The fourth-order valence-corrected chi connectivity index (χ4v) is 3.10. The van der Waals surface area contributed by atoms with Crippen molar-refractivity contribution in [3.8, 4) is 0 Å². The van der Waals surface area contributed by atoms with Crippen LogP contribution in [-0.2, 0) is 0 Å². The third-order valence-corrected chi connectivity index (χ3v) is 3.64. The monoisotopic (exact) mass is 213 g/mol. The van der Waals surface area contributed by atoms with E-state index in [1.165, 1.54) is 19.3 Å². The minimum atomic E-state index is -0.560. The Morgan fingerprint density at radius 1 is 1.33 bits per heavy atom. The van der Waals surface area contributed by atoms with Gasteiger partial charge in [-0.05, 0) is 36.5 Å². The second-order valence-corrected chi connectivity index (χ2v) is 6.86. The van der Waals surface area contributed by atoms with Crippen LogP contribution in [0.1, 0.15) is 46.5 Å². The van der Waals surface area contributed by atoms with E-state index in [-0.39, 0.29) is 0 Å². The Balaban J connectivity index is 1.83. The zero-order valence-electron chi connectivity index (χ0n) is 10.4. The summed E-state index contributed by atoms with van der Waals surface area (Å²) in [5, 5.41) is 0.